The summed E-state index contributed by atoms with van der Waals surface area (Å²) in [4.78, 5) is 30.9. The van der Waals surface area contributed by atoms with E-state index < -0.39 is 0 Å². The first-order chi connectivity index (χ1) is 13.5. The van der Waals surface area contributed by atoms with E-state index in [9.17, 15) is 9.59 Å². The molecule has 0 atom stereocenters. The molecule has 0 N–H and O–H groups in total. The zero-order valence-electron chi connectivity index (χ0n) is 16.1. The van der Waals surface area contributed by atoms with Crippen LogP contribution in [0.15, 0.2) is 34.9 Å². The molecule has 2 aromatic rings. The normalized spacial score (nSPS) is 17.4. The summed E-state index contributed by atoms with van der Waals surface area (Å²) in [5, 5.41) is 3.75. The molecule has 8 heteroatoms. The monoisotopic (exact) mass is 384 g/mol. The minimum Gasteiger partial charge on any atom is -0.497 e. The fourth-order valence-electron chi connectivity index (χ4n) is 3.67. The van der Waals surface area contributed by atoms with Gasteiger partial charge in [0.25, 0.3) is 5.91 Å². The number of hydrogen-bond donors (Lipinski definition) is 0. The number of benzene rings is 1. The number of likely N-dealkylation sites (tertiary alicyclic amines) is 1. The van der Waals surface area contributed by atoms with Crippen molar-refractivity contribution in [2.75, 3.05) is 51.3 Å². The van der Waals surface area contributed by atoms with Gasteiger partial charge in [-0.25, -0.2) is 0 Å². The van der Waals surface area contributed by atoms with Crippen LogP contribution >= 0.6 is 0 Å². The molecule has 148 valence electrons. The van der Waals surface area contributed by atoms with E-state index in [0.29, 0.717) is 37.6 Å². The highest BCUT2D eigenvalue weighted by atomic mass is 16.5. The second kappa shape index (κ2) is 7.53. The summed E-state index contributed by atoms with van der Waals surface area (Å²) in [5.41, 5.74) is 1.44. The molecule has 1 aromatic heterocycles. The molecular weight excluding hydrogens is 360 g/mol. The van der Waals surface area contributed by atoms with E-state index >= 15 is 0 Å². The van der Waals surface area contributed by atoms with Gasteiger partial charge in [0.15, 0.2) is 5.69 Å². The molecule has 2 amide bonds. The van der Waals surface area contributed by atoms with Gasteiger partial charge in [0, 0.05) is 51.0 Å². The maximum atomic E-state index is 12.7. The molecule has 2 saturated heterocycles. The van der Waals surface area contributed by atoms with Crippen LogP contribution in [-0.4, -0.2) is 73.1 Å². The molecule has 0 unspecified atom stereocenters. The number of anilines is 1. The lowest BCUT2D eigenvalue weighted by Crippen LogP contribution is -2.59. The Kier molecular flexibility index (Phi) is 4.93. The second-order valence-electron chi connectivity index (χ2n) is 7.24. The first-order valence-corrected chi connectivity index (χ1v) is 9.45. The van der Waals surface area contributed by atoms with Gasteiger partial charge < -0.3 is 24.0 Å². The summed E-state index contributed by atoms with van der Waals surface area (Å²) < 4.78 is 10.1. The molecule has 2 aliphatic rings. The van der Waals surface area contributed by atoms with Gasteiger partial charge in [-0.15, -0.1) is 0 Å². The van der Waals surface area contributed by atoms with Gasteiger partial charge in [-0.05, 0) is 31.2 Å². The Balaban J connectivity index is 1.26. The van der Waals surface area contributed by atoms with Gasteiger partial charge in [0.05, 0.1) is 13.0 Å². The van der Waals surface area contributed by atoms with Crippen LogP contribution in [0.2, 0.25) is 0 Å². The van der Waals surface area contributed by atoms with Crippen LogP contribution in [0.5, 0.6) is 5.75 Å². The van der Waals surface area contributed by atoms with E-state index in [1.54, 1.807) is 25.0 Å². The van der Waals surface area contributed by atoms with Crippen molar-refractivity contribution in [3.8, 4) is 5.75 Å². The number of hydrogen-bond acceptors (Lipinski definition) is 6. The maximum absolute atomic E-state index is 12.7. The molecular formula is C20H24N4O4. The number of nitrogens with zero attached hydrogens (tertiary/aromatic N) is 4. The molecule has 3 heterocycles. The smallest absolute Gasteiger partial charge is 0.276 e. The standard InChI is InChI=1S/C20H24N4O4/c1-14-11-18(21-28-14)20(26)24-12-15(13-24)19(25)23-9-7-22(8-10-23)16-3-5-17(27-2)6-4-16/h3-6,11,15H,7-10,12-13H2,1-2H3. The quantitative estimate of drug-likeness (QED) is 0.793. The highest BCUT2D eigenvalue weighted by Gasteiger charge is 2.39. The Bertz CT molecular complexity index is 849. The summed E-state index contributed by atoms with van der Waals surface area (Å²) in [5.74, 6) is 1.28. The number of piperazine rings is 1. The number of ether oxygens (including phenoxy) is 1. The molecule has 28 heavy (non-hydrogen) atoms. The molecule has 8 nitrogen and oxygen atoms in total. The van der Waals surface area contributed by atoms with Crippen LogP contribution < -0.4 is 9.64 Å². The molecule has 0 radical (unpaired) electrons. The van der Waals surface area contributed by atoms with Crippen molar-refractivity contribution in [1.29, 1.82) is 0 Å². The van der Waals surface area contributed by atoms with Gasteiger partial charge in [-0.1, -0.05) is 5.16 Å². The summed E-state index contributed by atoms with van der Waals surface area (Å²) in [6.45, 7) is 5.62. The number of methoxy groups -OCH3 is 1. The lowest BCUT2D eigenvalue weighted by Gasteiger charge is -2.43. The SMILES string of the molecule is COc1ccc(N2CCN(C(=O)C3CN(C(=O)c4cc(C)on4)C3)CC2)cc1. The molecule has 2 aliphatic heterocycles. The van der Waals surface area contributed by atoms with Crippen molar-refractivity contribution in [2.45, 2.75) is 6.92 Å². The Morgan fingerprint density at radius 3 is 2.32 bits per heavy atom. The summed E-state index contributed by atoms with van der Waals surface area (Å²) in [6, 6.07) is 9.59. The highest BCUT2D eigenvalue weighted by molar-refractivity contribution is 5.94. The molecule has 2 fully saturated rings. The van der Waals surface area contributed by atoms with Crippen LogP contribution in [0, 0.1) is 12.8 Å². The zero-order valence-corrected chi connectivity index (χ0v) is 16.1. The van der Waals surface area contributed by atoms with E-state index in [0.717, 1.165) is 24.5 Å². The topological polar surface area (TPSA) is 79.1 Å². The average molecular weight is 384 g/mol. The highest BCUT2D eigenvalue weighted by Crippen LogP contribution is 2.24. The Hall–Kier alpha value is -3.03. The fraction of sp³-hybridized carbons (Fsp3) is 0.450. The van der Waals surface area contributed by atoms with Crippen molar-refractivity contribution in [1.82, 2.24) is 15.0 Å². The van der Waals surface area contributed by atoms with E-state index in [4.69, 9.17) is 9.26 Å². The fourth-order valence-corrected chi connectivity index (χ4v) is 3.67. The van der Waals surface area contributed by atoms with E-state index in [-0.39, 0.29) is 17.7 Å². The Morgan fingerprint density at radius 2 is 1.75 bits per heavy atom. The Morgan fingerprint density at radius 1 is 1.07 bits per heavy atom. The van der Waals surface area contributed by atoms with Crippen LogP contribution in [0.25, 0.3) is 0 Å². The van der Waals surface area contributed by atoms with Gasteiger partial charge in [0.2, 0.25) is 5.91 Å². The summed E-state index contributed by atoms with van der Waals surface area (Å²) in [6.07, 6.45) is 0. The maximum Gasteiger partial charge on any atom is 0.276 e. The van der Waals surface area contributed by atoms with Gasteiger partial charge in [0.1, 0.15) is 11.5 Å². The molecule has 0 bridgehead atoms. The largest absolute Gasteiger partial charge is 0.497 e. The lowest BCUT2D eigenvalue weighted by atomic mass is 9.97. The minimum atomic E-state index is -0.176. The van der Waals surface area contributed by atoms with Gasteiger partial charge in [-0.3, -0.25) is 9.59 Å². The summed E-state index contributed by atoms with van der Waals surface area (Å²) >= 11 is 0. The third-order valence-electron chi connectivity index (χ3n) is 5.39. The van der Waals surface area contributed by atoms with Crippen molar-refractivity contribution in [2.24, 2.45) is 5.92 Å². The number of aryl methyl sites for hydroxylation is 1. The Labute approximate surface area is 163 Å². The van der Waals surface area contributed by atoms with Crippen LogP contribution in [0.1, 0.15) is 16.2 Å². The average Bonchev–Trinajstić information content (AvgIpc) is 3.13. The van der Waals surface area contributed by atoms with Crippen molar-refractivity contribution in [3.63, 3.8) is 0 Å². The van der Waals surface area contributed by atoms with Crippen LogP contribution in [0.4, 0.5) is 5.69 Å². The number of aromatic nitrogens is 1. The molecule has 4 rings (SSSR count). The zero-order chi connectivity index (χ0) is 19.7. The van der Waals surface area contributed by atoms with Gasteiger partial charge in [-0.2, -0.15) is 0 Å². The molecule has 0 saturated carbocycles. The predicted octanol–water partition coefficient (Wildman–Crippen LogP) is 1.41. The first kappa shape index (κ1) is 18.3. The number of carbonyl (C=O) groups is 2. The van der Waals surface area contributed by atoms with E-state index in [2.05, 4.69) is 10.1 Å². The number of amides is 2. The predicted molar refractivity (Wildman–Crippen MR) is 102 cm³/mol. The van der Waals surface area contributed by atoms with E-state index in [1.165, 1.54) is 0 Å². The van der Waals surface area contributed by atoms with Crippen molar-refractivity contribution < 1.29 is 18.8 Å². The summed E-state index contributed by atoms with van der Waals surface area (Å²) in [7, 11) is 1.65. The minimum absolute atomic E-state index is 0.121. The lowest BCUT2D eigenvalue weighted by molar-refractivity contribution is -0.140. The molecule has 0 spiro atoms. The first-order valence-electron chi connectivity index (χ1n) is 9.45. The molecule has 0 aliphatic carbocycles. The molecule has 1 aromatic carbocycles. The van der Waals surface area contributed by atoms with Crippen molar-refractivity contribution in [3.05, 3.63) is 41.8 Å². The van der Waals surface area contributed by atoms with Crippen LogP contribution in [-0.2, 0) is 4.79 Å². The van der Waals surface area contributed by atoms with E-state index in [1.807, 2.05) is 29.2 Å². The third kappa shape index (κ3) is 3.54. The number of carbonyl (C=O) groups excluding carboxylic acids is 2. The second-order valence-corrected chi connectivity index (χ2v) is 7.24. The van der Waals surface area contributed by atoms with Gasteiger partial charge >= 0.3 is 0 Å². The number of rotatable bonds is 4. The van der Waals surface area contributed by atoms with Crippen molar-refractivity contribution >= 4 is 17.5 Å². The third-order valence-corrected chi connectivity index (χ3v) is 5.39. The van der Waals surface area contributed by atoms with Crippen LogP contribution in [0.3, 0.4) is 0 Å².